The second-order valence-electron chi connectivity index (χ2n) is 21.2. The Bertz CT molecular complexity index is 3720. The molecule has 0 amide bonds. The first kappa shape index (κ1) is 40.7. The summed E-state index contributed by atoms with van der Waals surface area (Å²) in [4.78, 5) is 5.27. The highest BCUT2D eigenvalue weighted by Crippen LogP contribution is 2.61. The van der Waals surface area contributed by atoms with Crippen LogP contribution in [0.5, 0.6) is 0 Å². The lowest BCUT2D eigenvalue weighted by atomic mass is 9.81. The highest BCUT2D eigenvalue weighted by atomic mass is 15.2. The van der Waals surface area contributed by atoms with Crippen molar-refractivity contribution >= 4 is 22.7 Å². The van der Waals surface area contributed by atoms with Gasteiger partial charge in [-0.25, -0.2) is 0 Å². The molecule has 15 rings (SSSR count). The molecule has 0 saturated heterocycles. The summed E-state index contributed by atoms with van der Waals surface area (Å²) in [5, 5.41) is 0. The summed E-state index contributed by atoms with van der Waals surface area (Å²) in [6.07, 6.45) is 2.11. The Morgan fingerprint density at radius 3 is 1.23 bits per heavy atom. The van der Waals surface area contributed by atoms with Gasteiger partial charge >= 0.3 is 0 Å². The van der Waals surface area contributed by atoms with Gasteiger partial charge in [0, 0.05) is 40.0 Å². The third-order valence-electron chi connectivity index (χ3n) is 17.1. The molecule has 5 aliphatic rings. The number of anilines is 4. The Kier molecular flexibility index (Phi) is 8.82. The van der Waals surface area contributed by atoms with Gasteiger partial charge in [0.25, 0.3) is 0 Å². The molecule has 0 bridgehead atoms. The summed E-state index contributed by atoms with van der Waals surface area (Å²) in [6.45, 7) is 4.81. The third-order valence-corrected chi connectivity index (χ3v) is 17.1. The van der Waals surface area contributed by atoms with E-state index in [0.29, 0.717) is 17.9 Å². The topological polar surface area (TPSA) is 6.48 Å². The average molecular weight is 909 g/mol. The van der Waals surface area contributed by atoms with E-state index in [1.54, 1.807) is 0 Å². The van der Waals surface area contributed by atoms with Gasteiger partial charge in [-0.3, -0.25) is 0 Å². The van der Waals surface area contributed by atoms with Gasteiger partial charge in [-0.1, -0.05) is 178 Å². The molecule has 2 aliphatic heterocycles. The molecule has 0 spiro atoms. The van der Waals surface area contributed by atoms with E-state index in [-0.39, 0.29) is 11.5 Å². The summed E-state index contributed by atoms with van der Waals surface area (Å²) < 4.78 is 0. The molecule has 2 heterocycles. The largest absolute Gasteiger partial charge is 0.333 e. The van der Waals surface area contributed by atoms with Crippen LogP contribution >= 0.6 is 0 Å². The molecular weight excluding hydrogens is 857 g/mol. The number of nitrogens with zero attached hydrogens (tertiary/aromatic N) is 2. The second-order valence-corrected chi connectivity index (χ2v) is 21.2. The molecule has 4 atom stereocenters. The summed E-state index contributed by atoms with van der Waals surface area (Å²) in [7, 11) is 0. The predicted octanol–water partition coefficient (Wildman–Crippen LogP) is 17.7. The molecule has 2 heteroatoms. The van der Waals surface area contributed by atoms with Crippen LogP contribution in [-0.2, 0) is 18.3 Å². The predicted molar refractivity (Wildman–Crippen MR) is 294 cm³/mol. The van der Waals surface area contributed by atoms with E-state index >= 15 is 0 Å². The fourth-order valence-electron chi connectivity index (χ4n) is 13.8. The summed E-state index contributed by atoms with van der Waals surface area (Å²) >= 11 is 0. The number of hydrogen-bond donors (Lipinski definition) is 0. The first-order valence-electron chi connectivity index (χ1n) is 25.6. The molecule has 0 N–H and O–H groups in total. The molecule has 0 radical (unpaired) electrons. The third kappa shape index (κ3) is 6.13. The van der Waals surface area contributed by atoms with Crippen molar-refractivity contribution in [3.63, 3.8) is 0 Å². The van der Waals surface area contributed by atoms with Crippen LogP contribution in [0.25, 0.3) is 55.6 Å². The van der Waals surface area contributed by atoms with Gasteiger partial charge < -0.3 is 9.80 Å². The Labute approximate surface area is 417 Å². The zero-order chi connectivity index (χ0) is 47.0. The maximum absolute atomic E-state index is 2.67. The van der Waals surface area contributed by atoms with Crippen molar-refractivity contribution in [2.75, 3.05) is 9.80 Å². The highest BCUT2D eigenvalue weighted by Gasteiger charge is 2.47. The van der Waals surface area contributed by atoms with Crippen molar-refractivity contribution in [1.29, 1.82) is 0 Å². The first-order chi connectivity index (χ1) is 34.9. The van der Waals surface area contributed by atoms with Crippen LogP contribution < -0.4 is 9.80 Å². The van der Waals surface area contributed by atoms with Crippen molar-refractivity contribution in [3.05, 3.63) is 275 Å². The van der Waals surface area contributed by atoms with E-state index in [0.717, 1.165) is 12.8 Å². The van der Waals surface area contributed by atoms with Crippen molar-refractivity contribution in [1.82, 2.24) is 0 Å². The van der Waals surface area contributed by atoms with Crippen LogP contribution in [0, 0.1) is 0 Å². The lowest BCUT2D eigenvalue weighted by Crippen LogP contribution is -2.19. The molecule has 0 saturated carbocycles. The normalized spacial score (nSPS) is 19.1. The van der Waals surface area contributed by atoms with Crippen LogP contribution in [0.1, 0.15) is 82.3 Å². The van der Waals surface area contributed by atoms with Crippen molar-refractivity contribution < 1.29 is 0 Å². The molecule has 0 aromatic heterocycles. The molecule has 0 fully saturated rings. The number of fused-ring (bicyclic) bond motifs is 13. The average Bonchev–Trinajstić information content (AvgIpc) is 4.22. The monoisotopic (exact) mass is 908 g/mol. The quantitative estimate of drug-likeness (QED) is 0.164. The van der Waals surface area contributed by atoms with Gasteiger partial charge in [-0.2, -0.15) is 0 Å². The van der Waals surface area contributed by atoms with E-state index in [4.69, 9.17) is 0 Å². The second kappa shape index (κ2) is 15.4. The van der Waals surface area contributed by atoms with E-state index in [2.05, 4.69) is 254 Å². The minimum atomic E-state index is -0.104. The van der Waals surface area contributed by atoms with Gasteiger partial charge in [0.05, 0.1) is 12.1 Å². The minimum Gasteiger partial charge on any atom is -0.333 e. The molecule has 71 heavy (non-hydrogen) atoms. The molecule has 4 unspecified atom stereocenters. The number of rotatable bonds is 6. The molecule has 10 aromatic carbocycles. The van der Waals surface area contributed by atoms with Crippen LogP contribution in [0.2, 0.25) is 0 Å². The SMILES string of the molecule is CC1(C)c2ccc(-c3ccc4c(c3)C3Cc5ccccc5C3N4c3ccccc3)cc2-c2cc(-c3ccc4c(c3)C3Cc5ccccc5C3N4c3cc(-c4ccccc4)cc(-c4ccccc4)c3)ccc21. The molecule has 338 valence electrons. The van der Waals surface area contributed by atoms with Crippen LogP contribution in [0.15, 0.2) is 231 Å². The summed E-state index contributed by atoms with van der Waals surface area (Å²) in [6, 6.07) is 87.9. The summed E-state index contributed by atoms with van der Waals surface area (Å²) in [5.41, 5.74) is 29.4. The van der Waals surface area contributed by atoms with Crippen LogP contribution in [0.4, 0.5) is 22.7 Å². The Hall–Kier alpha value is -8.20. The molecule has 3 aliphatic carbocycles. The van der Waals surface area contributed by atoms with E-state index in [9.17, 15) is 0 Å². The van der Waals surface area contributed by atoms with E-state index in [1.165, 1.54) is 123 Å². The Morgan fingerprint density at radius 2 is 0.732 bits per heavy atom. The molecule has 2 nitrogen and oxygen atoms in total. The van der Waals surface area contributed by atoms with Gasteiger partial charge in [0.15, 0.2) is 0 Å². The number of benzene rings is 10. The fourth-order valence-corrected chi connectivity index (χ4v) is 13.8. The highest BCUT2D eigenvalue weighted by molar-refractivity contribution is 5.90. The van der Waals surface area contributed by atoms with Gasteiger partial charge in [-0.05, 0) is 180 Å². The van der Waals surface area contributed by atoms with Gasteiger partial charge in [0.2, 0.25) is 0 Å². The maximum atomic E-state index is 2.67. The van der Waals surface area contributed by atoms with Gasteiger partial charge in [0.1, 0.15) is 0 Å². The Balaban J connectivity index is 0.820. The first-order valence-corrected chi connectivity index (χ1v) is 25.6. The lowest BCUT2D eigenvalue weighted by Gasteiger charge is -2.29. The summed E-state index contributed by atoms with van der Waals surface area (Å²) in [5.74, 6) is 0.763. The maximum Gasteiger partial charge on any atom is 0.0666 e. The smallest absolute Gasteiger partial charge is 0.0666 e. The molecule has 10 aromatic rings. The minimum absolute atomic E-state index is 0.104. The Morgan fingerprint density at radius 1 is 0.324 bits per heavy atom. The standard InChI is InChI=1S/C69H52N2/c1-69(2)63-30-26-45(47-28-32-65-59(39-47)61-41-49-20-12-14-24-55(49)67(61)70(65)53-22-10-5-11-23-53)37-57(63)58-38-46(27-31-64(58)69)48-29-33-66-60(40-48)62-42-50-21-13-15-25-56(50)68(62)71(66)54-35-51(43-16-6-3-7-17-43)34-52(36-54)44-18-8-4-9-19-44/h3-40,61-62,67-68H,41-42H2,1-2H3. The van der Waals surface area contributed by atoms with Crippen molar-refractivity contribution in [2.24, 2.45) is 0 Å². The fraction of sp³-hybridized carbons (Fsp3) is 0.130. The van der Waals surface area contributed by atoms with Crippen molar-refractivity contribution in [2.45, 2.75) is 56.0 Å². The van der Waals surface area contributed by atoms with E-state index in [1.807, 2.05) is 0 Å². The number of hydrogen-bond acceptors (Lipinski definition) is 2. The van der Waals surface area contributed by atoms with E-state index < -0.39 is 0 Å². The van der Waals surface area contributed by atoms with Crippen LogP contribution in [0.3, 0.4) is 0 Å². The lowest BCUT2D eigenvalue weighted by molar-refractivity contribution is 0.633. The number of para-hydroxylation sites is 1. The molecular formula is C69H52N2. The zero-order valence-electron chi connectivity index (χ0n) is 40.1. The van der Waals surface area contributed by atoms with Crippen molar-refractivity contribution in [3.8, 4) is 55.6 Å². The van der Waals surface area contributed by atoms with Crippen LogP contribution in [-0.4, -0.2) is 0 Å². The van der Waals surface area contributed by atoms with Gasteiger partial charge in [-0.15, -0.1) is 0 Å². The zero-order valence-corrected chi connectivity index (χ0v) is 40.1.